The van der Waals surface area contributed by atoms with Gasteiger partial charge in [0.05, 0.1) is 16.8 Å². The molecule has 0 fully saturated rings. The number of rotatable bonds is 3. The highest BCUT2D eigenvalue weighted by atomic mass is 79.9. The number of nitrogens with zero attached hydrogens (tertiary/aromatic N) is 2. The van der Waals surface area contributed by atoms with Crippen LogP contribution in [0.1, 0.15) is 48.7 Å². The molecule has 0 amide bonds. The van der Waals surface area contributed by atoms with E-state index in [1.165, 1.54) is 6.92 Å². The van der Waals surface area contributed by atoms with Crippen LogP contribution in [0.2, 0.25) is 0 Å². The third kappa shape index (κ3) is 3.91. The highest BCUT2D eigenvalue weighted by molar-refractivity contribution is 9.10. The second-order valence-corrected chi connectivity index (χ2v) is 4.25. The van der Waals surface area contributed by atoms with Gasteiger partial charge in [-0.05, 0) is 22.9 Å². The van der Waals surface area contributed by atoms with Gasteiger partial charge in [-0.25, -0.2) is 4.79 Å². The quantitative estimate of drug-likeness (QED) is 0.592. The standard InChI is InChI=1S/C9H10Br2N2O3.C2H6/c1-3-16-9(15)8-7(11)6(4-10)12-13(8)5(2)14;1-2/h3-4H2,1-2H3;1-2H3. The van der Waals surface area contributed by atoms with Crippen molar-refractivity contribution >= 4 is 43.7 Å². The van der Waals surface area contributed by atoms with Crippen molar-refractivity contribution in [2.75, 3.05) is 6.61 Å². The van der Waals surface area contributed by atoms with E-state index in [4.69, 9.17) is 4.74 Å². The lowest BCUT2D eigenvalue weighted by molar-refractivity contribution is 0.0505. The van der Waals surface area contributed by atoms with Gasteiger partial charge in [0, 0.05) is 12.3 Å². The minimum Gasteiger partial charge on any atom is -0.461 e. The van der Waals surface area contributed by atoms with Gasteiger partial charge in [0.15, 0.2) is 5.69 Å². The van der Waals surface area contributed by atoms with Gasteiger partial charge >= 0.3 is 5.97 Å². The van der Waals surface area contributed by atoms with Gasteiger partial charge in [-0.3, -0.25) is 4.79 Å². The van der Waals surface area contributed by atoms with Crippen molar-refractivity contribution in [3.8, 4) is 0 Å². The Hall–Kier alpha value is -0.690. The zero-order chi connectivity index (χ0) is 14.3. The summed E-state index contributed by atoms with van der Waals surface area (Å²) in [5.74, 6) is -0.903. The first-order valence-corrected chi connectivity index (χ1v) is 7.45. The van der Waals surface area contributed by atoms with Crippen molar-refractivity contribution in [3.05, 3.63) is 15.9 Å². The maximum Gasteiger partial charge on any atom is 0.358 e. The smallest absolute Gasteiger partial charge is 0.358 e. The number of halogens is 2. The second kappa shape index (κ2) is 8.42. The maximum atomic E-state index is 11.6. The lowest BCUT2D eigenvalue weighted by atomic mass is 10.3. The van der Waals surface area contributed by atoms with Crippen LogP contribution >= 0.6 is 31.9 Å². The zero-order valence-corrected chi connectivity index (χ0v) is 14.0. The first-order chi connectivity index (χ1) is 8.52. The summed E-state index contributed by atoms with van der Waals surface area (Å²) in [6.07, 6.45) is 0. The van der Waals surface area contributed by atoms with E-state index >= 15 is 0 Å². The lowest BCUT2D eigenvalue weighted by Crippen LogP contribution is -2.17. The monoisotopic (exact) mass is 382 g/mol. The Morgan fingerprint density at radius 1 is 1.39 bits per heavy atom. The Balaban J connectivity index is 0.00000137. The lowest BCUT2D eigenvalue weighted by Gasteiger charge is -2.03. The zero-order valence-electron chi connectivity index (χ0n) is 10.8. The van der Waals surface area contributed by atoms with Gasteiger partial charge in [-0.2, -0.15) is 9.78 Å². The van der Waals surface area contributed by atoms with Crippen LogP contribution in [0.5, 0.6) is 0 Å². The summed E-state index contributed by atoms with van der Waals surface area (Å²) in [6.45, 7) is 7.28. The predicted octanol–water partition coefficient (Wildman–Crippen LogP) is 3.40. The number of carbonyl (C=O) groups is 2. The molecule has 1 rings (SSSR count). The van der Waals surface area contributed by atoms with E-state index in [2.05, 4.69) is 37.0 Å². The SMILES string of the molecule is CC.CCOC(=O)c1c(Br)c(CBr)nn1C(C)=O. The van der Waals surface area contributed by atoms with Crippen molar-refractivity contribution in [2.24, 2.45) is 0 Å². The molecule has 0 bridgehead atoms. The fourth-order valence-electron chi connectivity index (χ4n) is 1.13. The molecule has 0 spiro atoms. The summed E-state index contributed by atoms with van der Waals surface area (Å²) in [5.41, 5.74) is 0.710. The number of alkyl halides is 1. The van der Waals surface area contributed by atoms with E-state index < -0.39 is 5.97 Å². The molecule has 0 aliphatic heterocycles. The number of hydrogen-bond acceptors (Lipinski definition) is 4. The van der Waals surface area contributed by atoms with Crippen LogP contribution in [0, 0.1) is 0 Å². The Labute approximate surface area is 123 Å². The number of hydrogen-bond donors (Lipinski definition) is 0. The molecule has 0 aromatic carbocycles. The number of aromatic nitrogens is 2. The minimum absolute atomic E-state index is 0.129. The van der Waals surface area contributed by atoms with Gasteiger partial charge in [-0.15, -0.1) is 0 Å². The first kappa shape index (κ1) is 17.3. The van der Waals surface area contributed by atoms with Crippen molar-refractivity contribution in [1.82, 2.24) is 9.78 Å². The molecule has 0 saturated carbocycles. The van der Waals surface area contributed by atoms with E-state index in [1.807, 2.05) is 13.8 Å². The van der Waals surface area contributed by atoms with Crippen LogP contribution in [0.25, 0.3) is 0 Å². The largest absolute Gasteiger partial charge is 0.461 e. The topological polar surface area (TPSA) is 61.2 Å². The average Bonchev–Trinajstić information content (AvgIpc) is 2.69. The molecule has 0 saturated heterocycles. The molecule has 0 aliphatic rings. The summed E-state index contributed by atoms with van der Waals surface area (Å²) in [6, 6.07) is 0. The van der Waals surface area contributed by atoms with Gasteiger partial charge in [0.2, 0.25) is 5.91 Å². The van der Waals surface area contributed by atoms with Gasteiger partial charge < -0.3 is 4.74 Å². The van der Waals surface area contributed by atoms with Crippen molar-refractivity contribution in [2.45, 2.75) is 33.0 Å². The predicted molar refractivity (Wildman–Crippen MR) is 76.2 cm³/mol. The second-order valence-electron chi connectivity index (χ2n) is 2.89. The molecule has 0 radical (unpaired) electrons. The molecule has 7 heteroatoms. The van der Waals surface area contributed by atoms with Crippen LogP contribution < -0.4 is 0 Å². The molecular formula is C11H16Br2N2O3. The van der Waals surface area contributed by atoms with Gasteiger partial charge in [-0.1, -0.05) is 29.8 Å². The first-order valence-electron chi connectivity index (χ1n) is 5.54. The van der Waals surface area contributed by atoms with E-state index in [-0.39, 0.29) is 18.2 Å². The van der Waals surface area contributed by atoms with Gasteiger partial charge in [0.1, 0.15) is 0 Å². The molecule has 0 aliphatic carbocycles. The highest BCUT2D eigenvalue weighted by Gasteiger charge is 2.24. The third-order valence-electron chi connectivity index (χ3n) is 1.79. The molecule has 1 aromatic heterocycles. The Bertz CT molecular complexity index is 430. The molecule has 5 nitrogen and oxygen atoms in total. The molecular weight excluding hydrogens is 368 g/mol. The number of ether oxygens (including phenoxy) is 1. The molecule has 0 atom stereocenters. The molecule has 0 N–H and O–H groups in total. The minimum atomic E-state index is -0.565. The van der Waals surface area contributed by atoms with Crippen molar-refractivity contribution in [3.63, 3.8) is 0 Å². The van der Waals surface area contributed by atoms with E-state index in [1.54, 1.807) is 6.92 Å². The Morgan fingerprint density at radius 3 is 2.33 bits per heavy atom. The van der Waals surface area contributed by atoms with Crippen LogP contribution in [0.4, 0.5) is 0 Å². The molecule has 1 heterocycles. The summed E-state index contributed by atoms with van der Waals surface area (Å²) in [5, 5.41) is 4.45. The molecule has 102 valence electrons. The number of esters is 1. The summed E-state index contributed by atoms with van der Waals surface area (Å²) in [7, 11) is 0. The van der Waals surface area contributed by atoms with Crippen LogP contribution in [-0.4, -0.2) is 28.3 Å². The van der Waals surface area contributed by atoms with Crippen LogP contribution in [-0.2, 0) is 10.1 Å². The van der Waals surface area contributed by atoms with Crippen LogP contribution in [0.3, 0.4) is 0 Å². The Morgan fingerprint density at radius 2 is 1.94 bits per heavy atom. The van der Waals surface area contributed by atoms with E-state index in [0.717, 1.165) is 4.68 Å². The summed E-state index contributed by atoms with van der Waals surface area (Å²) < 4.78 is 6.38. The molecule has 18 heavy (non-hydrogen) atoms. The fourth-order valence-corrected chi connectivity index (χ4v) is 2.45. The molecule has 1 aromatic rings. The third-order valence-corrected chi connectivity index (χ3v) is 3.15. The highest BCUT2D eigenvalue weighted by Crippen LogP contribution is 2.24. The number of carbonyl (C=O) groups excluding carboxylic acids is 2. The normalized spacial score (nSPS) is 9.44. The average molecular weight is 384 g/mol. The van der Waals surface area contributed by atoms with E-state index in [9.17, 15) is 9.59 Å². The van der Waals surface area contributed by atoms with Crippen molar-refractivity contribution < 1.29 is 14.3 Å². The van der Waals surface area contributed by atoms with Crippen molar-refractivity contribution in [1.29, 1.82) is 0 Å². The Kier molecular flexibility index (Phi) is 8.10. The molecule has 0 unspecified atom stereocenters. The van der Waals surface area contributed by atoms with Gasteiger partial charge in [0.25, 0.3) is 0 Å². The summed E-state index contributed by atoms with van der Waals surface area (Å²) in [4.78, 5) is 23.0. The maximum absolute atomic E-state index is 11.6. The summed E-state index contributed by atoms with van der Waals surface area (Å²) >= 11 is 6.46. The van der Waals surface area contributed by atoms with E-state index in [0.29, 0.717) is 15.5 Å². The fraction of sp³-hybridized carbons (Fsp3) is 0.545. The van der Waals surface area contributed by atoms with Crippen LogP contribution in [0.15, 0.2) is 4.47 Å².